The van der Waals surface area contributed by atoms with Gasteiger partial charge in [-0.05, 0) is 49.7 Å². The molecule has 4 aromatic rings. The molecular weight excluding hydrogens is 375 g/mol. The molecule has 0 spiro atoms. The number of hydrogen-bond donors (Lipinski definition) is 0. The van der Waals surface area contributed by atoms with Gasteiger partial charge in [0.1, 0.15) is 5.69 Å². The number of halogens is 2. The largest absolute Gasteiger partial charge is 0.401 e. The van der Waals surface area contributed by atoms with E-state index >= 15 is 0 Å². The van der Waals surface area contributed by atoms with Crippen molar-refractivity contribution in [3.63, 3.8) is 0 Å². The second kappa shape index (κ2) is 6.23. The van der Waals surface area contributed by atoms with Crippen LogP contribution in [0.5, 0.6) is 0 Å². The summed E-state index contributed by atoms with van der Waals surface area (Å²) in [4.78, 5) is 21.2. The molecule has 4 rings (SSSR count). The van der Waals surface area contributed by atoms with Gasteiger partial charge in [0, 0.05) is 11.2 Å². The fraction of sp³-hybridized carbons (Fsp3) is 0.111. The first-order chi connectivity index (χ1) is 12.4. The number of aryl methyl sites for hydroxylation is 2. The Balaban J connectivity index is 2.01. The second-order valence-electron chi connectivity index (χ2n) is 5.82. The molecule has 6 nitrogen and oxygen atoms in total. The summed E-state index contributed by atoms with van der Waals surface area (Å²) in [5, 5.41) is 5.62. The zero-order chi connectivity index (χ0) is 18.4. The molecule has 0 aliphatic heterocycles. The van der Waals surface area contributed by atoms with Gasteiger partial charge in [-0.25, -0.2) is 19.4 Å². The normalized spacial score (nSPS) is 11.2. The monoisotopic (exact) mass is 386 g/mol. The molecule has 0 amide bonds. The standard InChI is InChI=1S/C18H12Cl2N4O2/c1-9-6-11(19)8-12-15(9)22-17(26-18(12)25)14-7-10(2)23-24(14)16-13(20)4-3-5-21-16/h3-8H,1-2H3. The summed E-state index contributed by atoms with van der Waals surface area (Å²) in [6.07, 6.45) is 1.61. The van der Waals surface area contributed by atoms with Crippen LogP contribution in [0.25, 0.3) is 28.3 Å². The van der Waals surface area contributed by atoms with Crippen molar-refractivity contribution in [3.8, 4) is 17.4 Å². The molecule has 0 atom stereocenters. The molecule has 3 aromatic heterocycles. The first-order valence-corrected chi connectivity index (χ1v) is 8.48. The molecule has 0 unspecified atom stereocenters. The zero-order valence-corrected chi connectivity index (χ0v) is 15.3. The van der Waals surface area contributed by atoms with Crippen LogP contribution >= 0.6 is 23.2 Å². The van der Waals surface area contributed by atoms with Crippen molar-refractivity contribution in [1.82, 2.24) is 19.7 Å². The average Bonchev–Trinajstić information content (AvgIpc) is 2.97. The van der Waals surface area contributed by atoms with Gasteiger partial charge in [-0.3, -0.25) is 0 Å². The van der Waals surface area contributed by atoms with Crippen LogP contribution in [0.1, 0.15) is 11.3 Å². The van der Waals surface area contributed by atoms with Crippen LogP contribution in [0.2, 0.25) is 10.0 Å². The maximum atomic E-state index is 12.5. The van der Waals surface area contributed by atoms with E-state index in [0.29, 0.717) is 38.2 Å². The summed E-state index contributed by atoms with van der Waals surface area (Å²) >= 11 is 12.3. The highest BCUT2D eigenvalue weighted by atomic mass is 35.5. The minimum Gasteiger partial charge on any atom is -0.401 e. The summed E-state index contributed by atoms with van der Waals surface area (Å²) in [5.74, 6) is 0.560. The highest BCUT2D eigenvalue weighted by Gasteiger charge is 2.19. The van der Waals surface area contributed by atoms with Gasteiger partial charge in [0.15, 0.2) is 5.82 Å². The Hall–Kier alpha value is -2.70. The molecule has 0 fully saturated rings. The number of benzene rings is 1. The molecule has 1 aromatic carbocycles. The average molecular weight is 387 g/mol. The van der Waals surface area contributed by atoms with E-state index in [-0.39, 0.29) is 5.89 Å². The fourth-order valence-electron chi connectivity index (χ4n) is 2.76. The van der Waals surface area contributed by atoms with E-state index in [1.54, 1.807) is 36.5 Å². The van der Waals surface area contributed by atoms with E-state index in [0.717, 1.165) is 5.56 Å². The van der Waals surface area contributed by atoms with Gasteiger partial charge in [0.05, 0.1) is 21.6 Å². The number of fused-ring (bicyclic) bond motifs is 1. The topological polar surface area (TPSA) is 73.8 Å². The van der Waals surface area contributed by atoms with Gasteiger partial charge in [0.25, 0.3) is 0 Å². The summed E-state index contributed by atoms with van der Waals surface area (Å²) in [6, 6.07) is 8.49. The number of nitrogens with zero attached hydrogens (tertiary/aromatic N) is 4. The molecule has 0 aliphatic rings. The third-order valence-corrected chi connectivity index (χ3v) is 4.39. The lowest BCUT2D eigenvalue weighted by molar-refractivity contribution is 0.513. The molecule has 130 valence electrons. The molecule has 3 heterocycles. The predicted octanol–water partition coefficient (Wildman–Crippen LogP) is 4.36. The molecule has 0 radical (unpaired) electrons. The van der Waals surface area contributed by atoms with Crippen LogP contribution in [0.3, 0.4) is 0 Å². The molecule has 26 heavy (non-hydrogen) atoms. The summed E-state index contributed by atoms with van der Waals surface area (Å²) in [5.41, 5.74) is 1.97. The van der Waals surface area contributed by atoms with E-state index in [1.807, 2.05) is 13.8 Å². The van der Waals surface area contributed by atoms with Crippen LogP contribution in [-0.4, -0.2) is 19.7 Å². The van der Waals surface area contributed by atoms with Crippen LogP contribution in [0.4, 0.5) is 0 Å². The van der Waals surface area contributed by atoms with Crippen molar-refractivity contribution < 1.29 is 4.42 Å². The highest BCUT2D eigenvalue weighted by molar-refractivity contribution is 6.32. The lowest BCUT2D eigenvalue weighted by Crippen LogP contribution is -2.08. The third kappa shape index (κ3) is 2.77. The maximum Gasteiger partial charge on any atom is 0.347 e. The van der Waals surface area contributed by atoms with Gasteiger partial charge in [-0.1, -0.05) is 23.2 Å². The molecule has 8 heteroatoms. The van der Waals surface area contributed by atoms with Gasteiger partial charge >= 0.3 is 5.63 Å². The van der Waals surface area contributed by atoms with Crippen LogP contribution in [0.15, 0.2) is 45.7 Å². The van der Waals surface area contributed by atoms with Crippen molar-refractivity contribution in [2.24, 2.45) is 0 Å². The second-order valence-corrected chi connectivity index (χ2v) is 6.66. The Labute approximate surface area is 158 Å². The van der Waals surface area contributed by atoms with E-state index in [4.69, 9.17) is 27.6 Å². The van der Waals surface area contributed by atoms with Crippen LogP contribution in [-0.2, 0) is 0 Å². The fourth-order valence-corrected chi connectivity index (χ4v) is 3.24. The predicted molar refractivity (Wildman–Crippen MR) is 100 cm³/mol. The lowest BCUT2D eigenvalue weighted by atomic mass is 10.1. The van der Waals surface area contributed by atoms with Gasteiger partial charge < -0.3 is 4.42 Å². The SMILES string of the molecule is Cc1cc(-c2nc3c(C)cc(Cl)cc3c(=O)o2)n(-c2ncccc2Cl)n1. The number of hydrogen-bond acceptors (Lipinski definition) is 5. The zero-order valence-electron chi connectivity index (χ0n) is 13.8. The van der Waals surface area contributed by atoms with E-state index in [1.165, 1.54) is 4.68 Å². The van der Waals surface area contributed by atoms with Crippen molar-refractivity contribution in [2.45, 2.75) is 13.8 Å². The summed E-state index contributed by atoms with van der Waals surface area (Å²) in [6.45, 7) is 3.66. The first kappa shape index (κ1) is 16.8. The van der Waals surface area contributed by atoms with Crippen molar-refractivity contribution >= 4 is 34.1 Å². The Bertz CT molecular complexity index is 1210. The first-order valence-electron chi connectivity index (χ1n) is 7.73. The van der Waals surface area contributed by atoms with Gasteiger partial charge in [-0.2, -0.15) is 5.10 Å². The number of pyridine rings is 1. The lowest BCUT2D eigenvalue weighted by Gasteiger charge is -2.08. The maximum absolute atomic E-state index is 12.5. The van der Waals surface area contributed by atoms with Crippen LogP contribution < -0.4 is 5.63 Å². The molecule has 0 aliphatic carbocycles. The van der Waals surface area contributed by atoms with Gasteiger partial charge in [-0.15, -0.1) is 0 Å². The van der Waals surface area contributed by atoms with Crippen molar-refractivity contribution in [3.05, 3.63) is 68.3 Å². The number of aromatic nitrogens is 4. The molecule has 0 bridgehead atoms. The Morgan fingerprint density at radius 2 is 1.96 bits per heavy atom. The highest BCUT2D eigenvalue weighted by Crippen LogP contribution is 2.27. The minimum absolute atomic E-state index is 0.134. The summed E-state index contributed by atoms with van der Waals surface area (Å²) < 4.78 is 6.96. The van der Waals surface area contributed by atoms with Crippen molar-refractivity contribution in [2.75, 3.05) is 0 Å². The Morgan fingerprint density at radius 1 is 1.15 bits per heavy atom. The minimum atomic E-state index is -0.520. The smallest absolute Gasteiger partial charge is 0.347 e. The Morgan fingerprint density at radius 3 is 2.73 bits per heavy atom. The van der Waals surface area contributed by atoms with E-state index < -0.39 is 5.63 Å². The quantitative estimate of drug-likeness (QED) is 0.511. The number of rotatable bonds is 2. The Kier molecular flexibility index (Phi) is 4.01. The van der Waals surface area contributed by atoms with Crippen molar-refractivity contribution in [1.29, 1.82) is 0 Å². The van der Waals surface area contributed by atoms with E-state index in [9.17, 15) is 4.79 Å². The molecule has 0 saturated heterocycles. The molecule has 0 saturated carbocycles. The molecular formula is C18H12Cl2N4O2. The summed E-state index contributed by atoms with van der Waals surface area (Å²) in [7, 11) is 0. The molecule has 0 N–H and O–H groups in total. The van der Waals surface area contributed by atoms with E-state index in [2.05, 4.69) is 15.1 Å². The third-order valence-electron chi connectivity index (χ3n) is 3.88. The van der Waals surface area contributed by atoms with Crippen LogP contribution in [0, 0.1) is 13.8 Å². The van der Waals surface area contributed by atoms with Gasteiger partial charge in [0.2, 0.25) is 5.89 Å².